The molecule has 0 saturated heterocycles. The minimum absolute atomic E-state index is 0.124. The van der Waals surface area contributed by atoms with Crippen molar-refractivity contribution in [3.8, 4) is 0 Å². The number of nitrogen functional groups attached to an aromatic ring is 1. The first-order valence-electron chi connectivity index (χ1n) is 5.65. The lowest BCUT2D eigenvalue weighted by molar-refractivity contribution is -0.384. The van der Waals surface area contributed by atoms with Gasteiger partial charge >= 0.3 is 0 Å². The summed E-state index contributed by atoms with van der Waals surface area (Å²) in [6, 6.07) is 4.06. The summed E-state index contributed by atoms with van der Waals surface area (Å²) < 4.78 is 0. The average Bonchev–Trinajstić information content (AvgIpc) is 3.19. The van der Waals surface area contributed by atoms with E-state index in [1.807, 2.05) is 0 Å². The highest BCUT2D eigenvalue weighted by Gasteiger charge is 2.22. The van der Waals surface area contributed by atoms with Crippen LogP contribution in [0.5, 0.6) is 0 Å². The molecule has 1 saturated carbocycles. The molecule has 18 heavy (non-hydrogen) atoms. The number of amides is 1. The highest BCUT2D eigenvalue weighted by molar-refractivity contribution is 5.95. The van der Waals surface area contributed by atoms with Crippen molar-refractivity contribution in [1.29, 1.82) is 0 Å². The number of nitro groups is 1. The first kappa shape index (κ1) is 12.3. The van der Waals surface area contributed by atoms with Crippen LogP contribution in [-0.4, -0.2) is 17.4 Å². The Kier molecular flexibility index (Phi) is 3.42. The van der Waals surface area contributed by atoms with Crippen LogP contribution in [0.4, 0.5) is 11.4 Å². The van der Waals surface area contributed by atoms with Crippen LogP contribution in [0.15, 0.2) is 18.2 Å². The van der Waals surface area contributed by atoms with Gasteiger partial charge in [-0.3, -0.25) is 20.8 Å². The van der Waals surface area contributed by atoms with Crippen LogP contribution in [0.25, 0.3) is 0 Å². The second-order valence-corrected chi connectivity index (χ2v) is 4.29. The smallest absolute Gasteiger partial charge is 0.293 e. The van der Waals surface area contributed by atoms with Crippen molar-refractivity contribution < 1.29 is 9.72 Å². The van der Waals surface area contributed by atoms with Crippen molar-refractivity contribution >= 4 is 17.3 Å². The molecule has 7 heteroatoms. The number of nitrogens with one attached hydrogen (secondary N) is 2. The van der Waals surface area contributed by atoms with Gasteiger partial charge in [0.05, 0.1) is 4.92 Å². The number of nitrogens with two attached hydrogens (primary N) is 1. The first-order valence-corrected chi connectivity index (χ1v) is 5.65. The van der Waals surface area contributed by atoms with Crippen LogP contribution < -0.4 is 16.6 Å². The fourth-order valence-electron chi connectivity index (χ4n) is 1.61. The maximum Gasteiger partial charge on any atom is 0.293 e. The Morgan fingerprint density at radius 1 is 1.50 bits per heavy atom. The number of carbonyl (C=O) groups excluding carboxylic acids is 1. The van der Waals surface area contributed by atoms with E-state index in [4.69, 9.17) is 5.84 Å². The maximum absolute atomic E-state index is 11.8. The molecule has 0 aromatic heterocycles. The predicted molar refractivity (Wildman–Crippen MR) is 66.0 cm³/mol. The minimum atomic E-state index is -0.554. The number of benzene rings is 1. The Morgan fingerprint density at radius 2 is 2.22 bits per heavy atom. The number of hydrogen-bond donors (Lipinski definition) is 3. The summed E-state index contributed by atoms with van der Waals surface area (Å²) in [5.74, 6) is 5.54. The summed E-state index contributed by atoms with van der Waals surface area (Å²) in [6.07, 6.45) is 2.30. The van der Waals surface area contributed by atoms with E-state index in [2.05, 4.69) is 10.7 Å². The van der Waals surface area contributed by atoms with Crippen molar-refractivity contribution in [2.45, 2.75) is 12.8 Å². The van der Waals surface area contributed by atoms with Gasteiger partial charge in [0.25, 0.3) is 11.6 Å². The van der Waals surface area contributed by atoms with Crippen LogP contribution in [0.2, 0.25) is 0 Å². The van der Waals surface area contributed by atoms with E-state index in [-0.39, 0.29) is 17.3 Å². The lowest BCUT2D eigenvalue weighted by Crippen LogP contribution is -2.25. The molecule has 0 radical (unpaired) electrons. The second-order valence-electron chi connectivity index (χ2n) is 4.29. The van der Waals surface area contributed by atoms with E-state index in [0.717, 1.165) is 12.8 Å². The molecule has 96 valence electrons. The van der Waals surface area contributed by atoms with Gasteiger partial charge < -0.3 is 10.7 Å². The van der Waals surface area contributed by atoms with E-state index < -0.39 is 4.92 Å². The Balaban J connectivity index is 2.12. The topological polar surface area (TPSA) is 110 Å². The molecule has 1 aliphatic carbocycles. The zero-order valence-electron chi connectivity index (χ0n) is 9.68. The third-order valence-corrected chi connectivity index (χ3v) is 2.86. The first-order chi connectivity index (χ1) is 8.61. The van der Waals surface area contributed by atoms with Gasteiger partial charge in [0, 0.05) is 18.2 Å². The molecule has 0 bridgehead atoms. The third-order valence-electron chi connectivity index (χ3n) is 2.86. The zero-order chi connectivity index (χ0) is 13.1. The highest BCUT2D eigenvalue weighted by atomic mass is 16.6. The average molecular weight is 250 g/mol. The normalized spacial score (nSPS) is 14.1. The van der Waals surface area contributed by atoms with Gasteiger partial charge in [0.15, 0.2) is 0 Å². The van der Waals surface area contributed by atoms with Gasteiger partial charge in [-0.15, -0.1) is 0 Å². The molecule has 0 unspecified atom stereocenters. The minimum Gasteiger partial charge on any atom is -0.352 e. The van der Waals surface area contributed by atoms with Crippen LogP contribution in [0, 0.1) is 16.0 Å². The van der Waals surface area contributed by atoms with Gasteiger partial charge in [0.2, 0.25) is 0 Å². The molecular formula is C11H14N4O3. The molecule has 4 N–H and O–H groups in total. The third kappa shape index (κ3) is 2.75. The van der Waals surface area contributed by atoms with Crippen molar-refractivity contribution in [3.05, 3.63) is 33.9 Å². The standard InChI is InChI=1S/C11H14N4O3/c12-14-9-5-8(3-4-10(9)15(17)18)11(16)13-6-7-1-2-7/h3-5,7,14H,1-2,6,12H2,(H,13,16). The molecule has 0 aliphatic heterocycles. The summed E-state index contributed by atoms with van der Waals surface area (Å²) in [7, 11) is 0. The fourth-order valence-corrected chi connectivity index (χ4v) is 1.61. The molecule has 2 rings (SSSR count). The van der Waals surface area contributed by atoms with Crippen molar-refractivity contribution in [2.24, 2.45) is 11.8 Å². The van der Waals surface area contributed by atoms with Crippen molar-refractivity contribution in [2.75, 3.05) is 12.0 Å². The molecule has 1 aliphatic rings. The zero-order valence-corrected chi connectivity index (χ0v) is 9.68. The van der Waals surface area contributed by atoms with Gasteiger partial charge in [-0.25, -0.2) is 0 Å². The summed E-state index contributed by atoms with van der Waals surface area (Å²) in [5, 5.41) is 13.5. The number of nitro benzene ring substituents is 1. The quantitative estimate of drug-likeness (QED) is 0.410. The van der Waals surface area contributed by atoms with E-state index >= 15 is 0 Å². The lowest BCUT2D eigenvalue weighted by Gasteiger charge is -2.06. The Morgan fingerprint density at radius 3 is 2.78 bits per heavy atom. The highest BCUT2D eigenvalue weighted by Crippen LogP contribution is 2.28. The summed E-state index contributed by atoms with van der Waals surface area (Å²) in [5.41, 5.74) is 2.55. The Labute approximate surface area is 103 Å². The molecule has 0 heterocycles. The van der Waals surface area contributed by atoms with Crippen LogP contribution in [0.3, 0.4) is 0 Å². The number of hydrogen-bond acceptors (Lipinski definition) is 5. The monoisotopic (exact) mass is 250 g/mol. The van der Waals surface area contributed by atoms with Gasteiger partial charge in [-0.05, 0) is 30.9 Å². The number of hydrazine groups is 1. The molecule has 0 atom stereocenters. The predicted octanol–water partition coefficient (Wildman–Crippen LogP) is 1.02. The SMILES string of the molecule is NNc1cc(C(=O)NCC2CC2)ccc1[N+](=O)[O-]. The van der Waals surface area contributed by atoms with Crippen molar-refractivity contribution in [3.63, 3.8) is 0 Å². The maximum atomic E-state index is 11.8. The number of carbonyl (C=O) groups is 1. The molecule has 7 nitrogen and oxygen atoms in total. The van der Waals surface area contributed by atoms with E-state index in [0.29, 0.717) is 18.0 Å². The van der Waals surface area contributed by atoms with Crippen molar-refractivity contribution in [1.82, 2.24) is 5.32 Å². The summed E-state index contributed by atoms with van der Waals surface area (Å²) in [6.45, 7) is 0.654. The number of rotatable bonds is 5. The second kappa shape index (κ2) is 5.01. The Hall–Kier alpha value is -2.15. The molecule has 1 amide bonds. The van der Waals surface area contributed by atoms with E-state index in [1.165, 1.54) is 18.2 Å². The lowest BCUT2D eigenvalue weighted by atomic mass is 10.1. The van der Waals surface area contributed by atoms with Gasteiger partial charge in [-0.1, -0.05) is 0 Å². The Bertz CT molecular complexity index is 485. The van der Waals surface area contributed by atoms with E-state index in [9.17, 15) is 14.9 Å². The summed E-state index contributed by atoms with van der Waals surface area (Å²) in [4.78, 5) is 21.9. The molecule has 1 aromatic carbocycles. The molecule has 1 aromatic rings. The van der Waals surface area contributed by atoms with Crippen LogP contribution >= 0.6 is 0 Å². The number of nitrogens with zero attached hydrogens (tertiary/aromatic N) is 1. The summed E-state index contributed by atoms with van der Waals surface area (Å²) >= 11 is 0. The van der Waals surface area contributed by atoms with Crippen LogP contribution in [0.1, 0.15) is 23.2 Å². The molecular weight excluding hydrogens is 236 g/mol. The number of anilines is 1. The fraction of sp³-hybridized carbons (Fsp3) is 0.364. The molecule has 1 fully saturated rings. The van der Waals surface area contributed by atoms with Gasteiger partial charge in [-0.2, -0.15) is 0 Å². The van der Waals surface area contributed by atoms with Gasteiger partial charge in [0.1, 0.15) is 5.69 Å². The molecule has 0 spiro atoms. The van der Waals surface area contributed by atoms with E-state index in [1.54, 1.807) is 0 Å². The largest absolute Gasteiger partial charge is 0.352 e. The van der Waals surface area contributed by atoms with Crippen LogP contribution in [-0.2, 0) is 0 Å².